The Morgan fingerprint density at radius 1 is 0.696 bits per heavy atom. The van der Waals surface area contributed by atoms with E-state index < -0.39 is 6.03 Å². The number of hydrogen-bond donors (Lipinski definition) is 0. The van der Waals surface area contributed by atoms with E-state index in [-0.39, 0.29) is 16.2 Å². The molecule has 6 aliphatic rings. The molecule has 3 unspecified atom stereocenters. The first-order valence-corrected chi connectivity index (χ1v) is 21.8. The minimum Gasteiger partial charge on any atom is -0.343 e. The first-order chi connectivity index (χ1) is 26.6. The predicted molar refractivity (Wildman–Crippen MR) is 228 cm³/mol. The second kappa shape index (κ2) is 13.5. The summed E-state index contributed by atoms with van der Waals surface area (Å²) in [7, 11) is 0. The van der Waals surface area contributed by atoms with E-state index in [0.29, 0.717) is 12.1 Å². The second-order valence-corrected chi connectivity index (χ2v) is 20.5. The zero-order chi connectivity index (χ0) is 39.2. The van der Waals surface area contributed by atoms with Crippen LogP contribution in [0, 0.1) is 0 Å². The van der Waals surface area contributed by atoms with Crippen LogP contribution in [0.15, 0.2) is 53.5 Å². The van der Waals surface area contributed by atoms with E-state index in [2.05, 4.69) is 142 Å². The molecule has 5 aliphatic heterocycles. The van der Waals surface area contributed by atoms with Crippen LogP contribution in [0.25, 0.3) is 11.1 Å². The summed E-state index contributed by atoms with van der Waals surface area (Å²) in [6, 6.07) is 18.1. The van der Waals surface area contributed by atoms with Crippen molar-refractivity contribution in [3.63, 3.8) is 0 Å². The molecule has 56 heavy (non-hydrogen) atoms. The molecule has 0 radical (unpaired) electrons. The lowest BCUT2D eigenvalue weighted by Gasteiger charge is -2.41. The molecule has 0 aromatic heterocycles. The summed E-state index contributed by atoms with van der Waals surface area (Å²) >= 11 is 0. The Morgan fingerprint density at radius 3 is 2.00 bits per heavy atom. The zero-order valence-electron chi connectivity index (χ0n) is 35.7. The van der Waals surface area contributed by atoms with Crippen LogP contribution >= 0.6 is 0 Å². The Hall–Kier alpha value is -4.13. The number of fused-ring (bicyclic) bond motifs is 6. The first-order valence-electron chi connectivity index (χ1n) is 21.8. The molecule has 1 spiro atoms. The van der Waals surface area contributed by atoms with Gasteiger partial charge in [0.2, 0.25) is 12.1 Å². The third kappa shape index (κ3) is 6.36. The Bertz CT molecular complexity index is 2140. The molecule has 3 fully saturated rings. The van der Waals surface area contributed by atoms with Gasteiger partial charge in [-0.15, -0.1) is 0 Å². The van der Waals surface area contributed by atoms with E-state index in [1.54, 1.807) is 0 Å². The van der Waals surface area contributed by atoms with Crippen molar-refractivity contribution in [1.82, 2.24) is 9.80 Å². The largest absolute Gasteiger partial charge is 0.704 e. The molecule has 5 heterocycles. The average Bonchev–Trinajstić information content (AvgIpc) is 3.43. The highest BCUT2D eigenvalue weighted by Crippen LogP contribution is 2.50. The second-order valence-electron chi connectivity index (χ2n) is 20.5. The summed E-state index contributed by atoms with van der Waals surface area (Å²) in [6.45, 7) is 26.2. The molecule has 9 rings (SSSR count). The van der Waals surface area contributed by atoms with Crippen LogP contribution < -0.4 is 9.47 Å². The topological polar surface area (TPSA) is 43.3 Å². The highest BCUT2D eigenvalue weighted by Gasteiger charge is 2.76. The monoisotopic (exact) mass is 756 g/mol. The van der Waals surface area contributed by atoms with Gasteiger partial charge in [-0.2, -0.15) is 0 Å². The first kappa shape index (κ1) is 37.4. The van der Waals surface area contributed by atoms with Gasteiger partial charge in [0, 0.05) is 56.7 Å². The molecule has 296 valence electrons. The van der Waals surface area contributed by atoms with Crippen LogP contribution in [0.1, 0.15) is 141 Å². The van der Waals surface area contributed by atoms with Crippen molar-refractivity contribution in [2.24, 2.45) is 4.99 Å². The van der Waals surface area contributed by atoms with Gasteiger partial charge >= 0.3 is 6.03 Å². The van der Waals surface area contributed by atoms with E-state index >= 15 is 0 Å². The quantitative estimate of drug-likeness (QED) is 0.244. The number of benzene rings is 3. The van der Waals surface area contributed by atoms with Crippen molar-refractivity contribution in [1.29, 1.82) is 0 Å². The van der Waals surface area contributed by atoms with Crippen LogP contribution in [0.2, 0.25) is 0 Å². The number of nitrogens with zero attached hydrogens (tertiary/aromatic N) is 5. The lowest BCUT2D eigenvalue weighted by molar-refractivity contribution is -0.865. The Balaban J connectivity index is 1.15. The third-order valence-corrected chi connectivity index (χ3v) is 13.3. The Labute approximate surface area is 336 Å². The number of aryl methyl sites for hydroxylation is 1. The maximum atomic E-state index is 7.67. The molecule has 0 amide bonds. The van der Waals surface area contributed by atoms with Crippen molar-refractivity contribution in [2.75, 3.05) is 32.7 Å². The lowest BCUT2D eigenvalue weighted by Crippen LogP contribution is -2.60. The van der Waals surface area contributed by atoms with Crippen molar-refractivity contribution in [3.05, 3.63) is 81.9 Å². The Morgan fingerprint density at radius 2 is 1.32 bits per heavy atom. The molecule has 3 aromatic carbocycles. The van der Waals surface area contributed by atoms with E-state index in [0.717, 1.165) is 81.0 Å². The molecular formula is C49H65N5O2+2. The average molecular weight is 756 g/mol. The fourth-order valence-corrected chi connectivity index (χ4v) is 10.2. The Kier molecular flexibility index (Phi) is 9.02. The van der Waals surface area contributed by atoms with Crippen molar-refractivity contribution in [3.8, 4) is 22.6 Å². The summed E-state index contributed by atoms with van der Waals surface area (Å²) < 4.78 is 20.2. The van der Waals surface area contributed by atoms with Gasteiger partial charge in [-0.1, -0.05) is 102 Å². The molecule has 7 nitrogen and oxygen atoms in total. The summed E-state index contributed by atoms with van der Waals surface area (Å²) in [6.07, 6.45) is 14.0. The number of ether oxygens (including phenoxy) is 2. The van der Waals surface area contributed by atoms with E-state index in [1.165, 1.54) is 65.0 Å². The van der Waals surface area contributed by atoms with Gasteiger partial charge in [0.15, 0.2) is 29.9 Å². The molecule has 1 saturated carbocycles. The summed E-state index contributed by atoms with van der Waals surface area (Å²) in [5, 5.41) is 0. The predicted octanol–water partition coefficient (Wildman–Crippen LogP) is 9.23. The van der Waals surface area contributed by atoms with Gasteiger partial charge in [-0.05, 0) is 95.2 Å². The van der Waals surface area contributed by atoms with Crippen molar-refractivity contribution in [2.45, 2.75) is 148 Å². The van der Waals surface area contributed by atoms with Crippen molar-refractivity contribution < 1.29 is 18.6 Å². The normalized spacial score (nSPS) is 24.3. The van der Waals surface area contributed by atoms with Gasteiger partial charge < -0.3 is 19.3 Å². The molecule has 2 saturated heterocycles. The van der Waals surface area contributed by atoms with Crippen LogP contribution in [0.5, 0.6) is 11.5 Å². The SMILES string of the molecule is CC(C)(C)c1cc2c(c(-c3ccccc3CCCN3CCCN4CCCN=C43)c1)OC13Oc4c(cc(C(C)(C)C)cc4C(C)(C)C)C=[N+]1C1CCCCC1[N+]3=C2. The highest BCUT2D eigenvalue weighted by molar-refractivity contribution is 5.89. The molecule has 0 bridgehead atoms. The summed E-state index contributed by atoms with van der Waals surface area (Å²) in [5.74, 6) is 3.11. The number of aliphatic imine (C=N–C) groups is 1. The fourth-order valence-electron chi connectivity index (χ4n) is 10.2. The maximum absolute atomic E-state index is 7.67. The number of hydrogen-bond acceptors (Lipinski definition) is 5. The zero-order valence-corrected chi connectivity index (χ0v) is 35.7. The van der Waals surface area contributed by atoms with Gasteiger partial charge in [-0.25, -0.2) is 0 Å². The molecular weight excluding hydrogens is 691 g/mol. The summed E-state index contributed by atoms with van der Waals surface area (Å²) in [5.41, 5.74) is 9.87. The number of rotatable bonds is 5. The highest BCUT2D eigenvalue weighted by atomic mass is 16.7. The van der Waals surface area contributed by atoms with Gasteiger partial charge in [-0.3, -0.25) is 4.99 Å². The molecule has 3 atom stereocenters. The van der Waals surface area contributed by atoms with Crippen LogP contribution in [-0.2, 0) is 22.7 Å². The van der Waals surface area contributed by atoms with Crippen LogP contribution in [0.3, 0.4) is 0 Å². The maximum Gasteiger partial charge on any atom is 0.704 e. The van der Waals surface area contributed by atoms with E-state index in [1.807, 2.05) is 0 Å². The minimum absolute atomic E-state index is 0.0156. The minimum atomic E-state index is -1.10. The molecule has 7 heteroatoms. The lowest BCUT2D eigenvalue weighted by atomic mass is 9.79. The van der Waals surface area contributed by atoms with Crippen molar-refractivity contribution >= 4 is 18.4 Å². The smallest absolute Gasteiger partial charge is 0.343 e. The van der Waals surface area contributed by atoms with Gasteiger partial charge in [0.25, 0.3) is 0 Å². The third-order valence-electron chi connectivity index (χ3n) is 13.3. The van der Waals surface area contributed by atoms with Crippen LogP contribution in [-0.4, -0.2) is 88.2 Å². The van der Waals surface area contributed by atoms with E-state index in [4.69, 9.17) is 14.5 Å². The van der Waals surface area contributed by atoms with Gasteiger partial charge in [0.05, 0.1) is 11.1 Å². The molecule has 3 aromatic rings. The summed E-state index contributed by atoms with van der Waals surface area (Å²) in [4.78, 5) is 10.0. The number of guanidine groups is 1. The molecule has 0 N–H and O–H groups in total. The van der Waals surface area contributed by atoms with Gasteiger partial charge in [0.1, 0.15) is 0 Å². The standard InChI is InChI=1S/C49H65N5O2/c1-46(2,3)36-27-34-31-53-41-20-12-13-21-42(41)54-32-35-28-37(47(4,5)6)30-40(48(7,8)9)44(35)56-49(53,54)55-43(34)39(29-36)38-19-11-10-17-33(38)18-14-23-51-25-16-26-52-24-15-22-50-45(51)52/h10-11,17,19,27-32,41-42H,12-16,18,20-26H2,1-9H3/q+2. The fraction of sp³-hybridized carbons (Fsp3) is 0.571. The van der Waals surface area contributed by atoms with E-state index in [9.17, 15) is 0 Å². The molecule has 1 aliphatic carbocycles. The van der Waals surface area contributed by atoms with Crippen LogP contribution in [0.4, 0.5) is 0 Å².